The van der Waals surface area contributed by atoms with Crippen molar-refractivity contribution < 1.29 is 28.5 Å². The van der Waals surface area contributed by atoms with Crippen LogP contribution in [0.1, 0.15) is 36.1 Å². The van der Waals surface area contributed by atoms with E-state index in [1.54, 1.807) is 28.4 Å². The maximum atomic E-state index is 12.8. The zero-order chi connectivity index (χ0) is 22.2. The fourth-order valence-electron chi connectivity index (χ4n) is 4.31. The van der Waals surface area contributed by atoms with E-state index in [0.29, 0.717) is 23.0 Å². The van der Waals surface area contributed by atoms with Crippen molar-refractivity contribution in [2.45, 2.75) is 33.3 Å². The second-order valence-corrected chi connectivity index (χ2v) is 7.75. The van der Waals surface area contributed by atoms with Crippen molar-refractivity contribution >= 4 is 5.97 Å². The van der Waals surface area contributed by atoms with Gasteiger partial charge in [0, 0.05) is 28.2 Å². The maximum Gasteiger partial charge on any atom is 0.310 e. The quantitative estimate of drug-likeness (QED) is 0.653. The Hall–Kier alpha value is -2.89. The van der Waals surface area contributed by atoms with Crippen LogP contribution in [0.3, 0.4) is 0 Å². The molecule has 0 spiro atoms. The number of methoxy groups -OCH3 is 4. The lowest BCUT2D eigenvalue weighted by molar-refractivity contribution is -0.148. The van der Waals surface area contributed by atoms with Gasteiger partial charge in [-0.2, -0.15) is 0 Å². The van der Waals surface area contributed by atoms with Gasteiger partial charge < -0.3 is 23.7 Å². The van der Waals surface area contributed by atoms with Gasteiger partial charge >= 0.3 is 5.97 Å². The first-order chi connectivity index (χ1) is 14.2. The lowest BCUT2D eigenvalue weighted by atomic mass is 9.73. The van der Waals surface area contributed by atoms with Gasteiger partial charge in [0.1, 0.15) is 23.0 Å². The van der Waals surface area contributed by atoms with Crippen molar-refractivity contribution in [3.8, 4) is 23.0 Å². The van der Waals surface area contributed by atoms with Gasteiger partial charge in [-0.3, -0.25) is 4.79 Å². The van der Waals surface area contributed by atoms with Crippen molar-refractivity contribution in [1.82, 2.24) is 0 Å². The maximum absolute atomic E-state index is 12.8. The van der Waals surface area contributed by atoms with Crippen LogP contribution in [-0.2, 0) is 15.1 Å². The van der Waals surface area contributed by atoms with Gasteiger partial charge in [0.25, 0.3) is 0 Å². The van der Waals surface area contributed by atoms with Gasteiger partial charge in [-0.1, -0.05) is 13.8 Å². The molecule has 0 radical (unpaired) electrons. The molecule has 0 aromatic heterocycles. The smallest absolute Gasteiger partial charge is 0.310 e. The van der Waals surface area contributed by atoms with Crippen LogP contribution in [0.15, 0.2) is 24.3 Å². The number of cyclic esters (lactones) is 1. The van der Waals surface area contributed by atoms with E-state index in [0.717, 1.165) is 22.3 Å². The highest BCUT2D eigenvalue weighted by atomic mass is 16.6. The van der Waals surface area contributed by atoms with Gasteiger partial charge in [0.15, 0.2) is 5.60 Å². The first-order valence-electron chi connectivity index (χ1n) is 9.94. The Morgan fingerprint density at radius 3 is 1.30 bits per heavy atom. The molecule has 6 nitrogen and oxygen atoms in total. The lowest BCUT2D eigenvalue weighted by Gasteiger charge is -2.35. The summed E-state index contributed by atoms with van der Waals surface area (Å²) in [5.41, 5.74) is 2.27. The molecule has 1 saturated heterocycles. The number of benzene rings is 2. The molecule has 3 rings (SSSR count). The fourth-order valence-corrected chi connectivity index (χ4v) is 4.31. The topological polar surface area (TPSA) is 63.2 Å². The zero-order valence-electron chi connectivity index (χ0n) is 18.9. The number of carbonyl (C=O) groups is 1. The molecule has 1 heterocycles. The molecule has 6 heteroatoms. The van der Waals surface area contributed by atoms with E-state index in [1.807, 2.05) is 52.0 Å². The van der Waals surface area contributed by atoms with Gasteiger partial charge in [0.05, 0.1) is 34.4 Å². The van der Waals surface area contributed by atoms with Crippen molar-refractivity contribution in [3.05, 3.63) is 46.5 Å². The number of hydrogen-bond acceptors (Lipinski definition) is 6. The van der Waals surface area contributed by atoms with Crippen molar-refractivity contribution in [3.63, 3.8) is 0 Å². The lowest BCUT2D eigenvalue weighted by Crippen LogP contribution is -2.34. The van der Waals surface area contributed by atoms with Crippen LogP contribution < -0.4 is 18.9 Å². The Morgan fingerprint density at radius 2 is 1.07 bits per heavy atom. The second-order valence-electron chi connectivity index (χ2n) is 7.75. The summed E-state index contributed by atoms with van der Waals surface area (Å²) in [6, 6.07) is 7.66. The molecule has 0 aliphatic carbocycles. The Kier molecular flexibility index (Phi) is 5.88. The predicted molar refractivity (Wildman–Crippen MR) is 114 cm³/mol. The number of carbonyl (C=O) groups excluding carboxylic acids is 1. The molecule has 0 amide bonds. The Labute approximate surface area is 178 Å². The average Bonchev–Trinajstić information content (AvgIpc) is 2.98. The highest BCUT2D eigenvalue weighted by Gasteiger charge is 2.54. The van der Waals surface area contributed by atoms with Crippen molar-refractivity contribution in [1.29, 1.82) is 0 Å². The zero-order valence-corrected chi connectivity index (χ0v) is 18.9. The summed E-state index contributed by atoms with van der Waals surface area (Å²) >= 11 is 0. The molecule has 1 aliphatic heterocycles. The van der Waals surface area contributed by atoms with E-state index < -0.39 is 5.60 Å². The van der Waals surface area contributed by atoms with Crippen molar-refractivity contribution in [2.75, 3.05) is 28.4 Å². The predicted octanol–water partition coefficient (Wildman–Crippen LogP) is 4.41. The molecule has 1 fully saturated rings. The summed E-state index contributed by atoms with van der Waals surface area (Å²) in [7, 11) is 6.46. The number of hydrogen-bond donors (Lipinski definition) is 0. The number of esters is 1. The van der Waals surface area contributed by atoms with Gasteiger partial charge in [-0.25, -0.2) is 0 Å². The fraction of sp³-hybridized carbons (Fsp3) is 0.458. The van der Waals surface area contributed by atoms with Crippen LogP contribution in [0, 0.1) is 25.7 Å². The third-order valence-electron chi connectivity index (χ3n) is 6.39. The molecular formula is C24H30O6. The van der Waals surface area contributed by atoms with E-state index in [4.69, 9.17) is 23.7 Å². The van der Waals surface area contributed by atoms with Crippen molar-refractivity contribution in [2.24, 2.45) is 11.8 Å². The molecule has 0 bridgehead atoms. The van der Waals surface area contributed by atoms with Crippen LogP contribution in [0.25, 0.3) is 0 Å². The molecule has 1 aliphatic rings. The van der Waals surface area contributed by atoms with E-state index in [1.165, 1.54) is 0 Å². The molecular weight excluding hydrogens is 384 g/mol. The van der Waals surface area contributed by atoms with Crippen LogP contribution >= 0.6 is 0 Å². The van der Waals surface area contributed by atoms with Gasteiger partial charge in [-0.05, 0) is 38.1 Å². The summed E-state index contributed by atoms with van der Waals surface area (Å²) < 4.78 is 28.5. The van der Waals surface area contributed by atoms with E-state index in [2.05, 4.69) is 0 Å². The first-order valence-corrected chi connectivity index (χ1v) is 9.94. The summed E-state index contributed by atoms with van der Waals surface area (Å²) in [6.45, 7) is 7.77. The normalized spacial score (nSPS) is 19.9. The van der Waals surface area contributed by atoms with E-state index >= 15 is 0 Å². The largest absolute Gasteiger partial charge is 0.496 e. The molecule has 0 saturated carbocycles. The number of ether oxygens (including phenoxy) is 5. The summed E-state index contributed by atoms with van der Waals surface area (Å²) in [4.78, 5) is 12.8. The minimum Gasteiger partial charge on any atom is -0.496 e. The van der Waals surface area contributed by atoms with Crippen LogP contribution in [0.2, 0.25) is 0 Å². The Morgan fingerprint density at radius 1 is 0.733 bits per heavy atom. The van der Waals surface area contributed by atoms with Crippen LogP contribution in [0.4, 0.5) is 0 Å². The summed E-state index contributed by atoms with van der Waals surface area (Å²) in [5, 5.41) is 0. The molecule has 2 atom stereocenters. The molecule has 2 aromatic carbocycles. The monoisotopic (exact) mass is 414 g/mol. The highest BCUT2D eigenvalue weighted by molar-refractivity contribution is 5.77. The molecule has 0 N–H and O–H groups in total. The number of rotatable bonds is 6. The SMILES string of the molecule is COc1cc(C2(c3cc(OC)c(C)c(OC)c3)OC(=O)C(C)C2C)cc(OC)c1C. The molecule has 2 aromatic rings. The Balaban J connectivity index is 2.38. The second kappa shape index (κ2) is 8.09. The van der Waals surface area contributed by atoms with Crippen LogP contribution in [0.5, 0.6) is 23.0 Å². The van der Waals surface area contributed by atoms with E-state index in [9.17, 15) is 4.79 Å². The first kappa shape index (κ1) is 21.8. The average molecular weight is 414 g/mol. The van der Waals surface area contributed by atoms with Gasteiger partial charge in [0.2, 0.25) is 0 Å². The van der Waals surface area contributed by atoms with Gasteiger partial charge in [-0.15, -0.1) is 0 Å². The molecule has 2 unspecified atom stereocenters. The summed E-state index contributed by atoms with van der Waals surface area (Å²) in [5.74, 6) is 1.96. The summed E-state index contributed by atoms with van der Waals surface area (Å²) in [6.07, 6.45) is 0. The Bertz CT molecular complexity index is 853. The third-order valence-corrected chi connectivity index (χ3v) is 6.39. The standard InChI is InChI=1S/C24H30O6/c1-13-16(4)24(30-23(13)25,17-9-19(26-5)14(2)20(10-17)27-6)18-11-21(28-7)15(3)22(12-18)29-8/h9-13,16H,1-8H3. The van der Waals surface area contributed by atoms with E-state index in [-0.39, 0.29) is 17.8 Å². The third kappa shape index (κ3) is 3.15. The molecule has 30 heavy (non-hydrogen) atoms. The molecule has 162 valence electrons. The highest BCUT2D eigenvalue weighted by Crippen LogP contribution is 2.52. The minimum atomic E-state index is -1.04. The van der Waals surface area contributed by atoms with Crippen LogP contribution in [-0.4, -0.2) is 34.4 Å². The minimum absolute atomic E-state index is 0.153.